The number of fused-ring (bicyclic) bond motifs is 1. The van der Waals surface area contributed by atoms with Crippen molar-refractivity contribution in [2.75, 3.05) is 0 Å². The molecule has 1 aliphatic rings. The summed E-state index contributed by atoms with van der Waals surface area (Å²) < 4.78 is 0. The van der Waals surface area contributed by atoms with Gasteiger partial charge in [-0.05, 0) is 0 Å². The molecule has 6 heteroatoms. The first-order chi connectivity index (χ1) is 8.13. The van der Waals surface area contributed by atoms with E-state index < -0.39 is 12.0 Å². The molecule has 1 amide bonds. The number of hydrogen-bond acceptors (Lipinski definition) is 3. The predicted octanol–water partition coefficient (Wildman–Crippen LogP) is -0.229. The van der Waals surface area contributed by atoms with Gasteiger partial charge in [0.05, 0.1) is 30.7 Å². The zero-order chi connectivity index (χ0) is 12.4. The number of carboxylic acid groups (broad SMARTS) is 1. The Morgan fingerprint density at radius 3 is 3.12 bits per heavy atom. The molecule has 0 aromatic carbocycles. The first-order valence-electron chi connectivity index (χ1n) is 5.10. The zero-order valence-corrected chi connectivity index (χ0v) is 9.01. The minimum absolute atomic E-state index is 0.0900. The number of amides is 1. The Bertz CT molecular complexity index is 500. The van der Waals surface area contributed by atoms with Gasteiger partial charge in [-0.1, -0.05) is 5.92 Å². The van der Waals surface area contributed by atoms with E-state index >= 15 is 0 Å². The van der Waals surface area contributed by atoms with Gasteiger partial charge in [0.15, 0.2) is 0 Å². The van der Waals surface area contributed by atoms with Crippen molar-refractivity contribution in [1.82, 2.24) is 14.9 Å². The van der Waals surface area contributed by atoms with Gasteiger partial charge in [0.25, 0.3) is 0 Å². The fourth-order valence-electron chi connectivity index (χ4n) is 1.91. The van der Waals surface area contributed by atoms with Crippen LogP contribution in [0.5, 0.6) is 0 Å². The Balaban J connectivity index is 2.28. The van der Waals surface area contributed by atoms with Gasteiger partial charge >= 0.3 is 5.97 Å². The van der Waals surface area contributed by atoms with Crippen LogP contribution in [0.1, 0.15) is 17.8 Å². The number of carbonyl (C=O) groups is 2. The van der Waals surface area contributed by atoms with Crippen molar-refractivity contribution in [1.29, 1.82) is 0 Å². The van der Waals surface area contributed by atoms with Crippen molar-refractivity contribution < 1.29 is 14.7 Å². The number of carboxylic acids is 1. The molecule has 0 aliphatic carbocycles. The highest BCUT2D eigenvalue weighted by molar-refractivity contribution is 5.85. The standard InChI is InChI=1S/C11H11N3O3/c1-2-3-10(15)14-5-8-7(12-6-13-8)4-9(14)11(16)17/h1,6,9H,3-5H2,(H,12,13)(H,16,17). The summed E-state index contributed by atoms with van der Waals surface area (Å²) in [5.74, 6) is 0.847. The van der Waals surface area contributed by atoms with E-state index in [0.717, 1.165) is 5.69 Å². The fourth-order valence-corrected chi connectivity index (χ4v) is 1.91. The summed E-state index contributed by atoms with van der Waals surface area (Å²) >= 11 is 0. The number of aromatic nitrogens is 2. The highest BCUT2D eigenvalue weighted by Gasteiger charge is 2.35. The Kier molecular flexibility index (Phi) is 2.83. The number of hydrogen-bond donors (Lipinski definition) is 2. The SMILES string of the molecule is C#CCC(=O)N1Cc2[nH]cnc2CC1C(=O)O. The third kappa shape index (κ3) is 1.99. The van der Waals surface area contributed by atoms with Crippen molar-refractivity contribution in [2.24, 2.45) is 0 Å². The van der Waals surface area contributed by atoms with Crippen LogP contribution in [0.25, 0.3) is 0 Å². The van der Waals surface area contributed by atoms with Gasteiger partial charge in [0, 0.05) is 6.42 Å². The highest BCUT2D eigenvalue weighted by Crippen LogP contribution is 2.21. The third-order valence-electron chi connectivity index (χ3n) is 2.76. The lowest BCUT2D eigenvalue weighted by molar-refractivity contribution is -0.151. The lowest BCUT2D eigenvalue weighted by Gasteiger charge is -2.31. The molecule has 2 N–H and O–H groups in total. The first-order valence-corrected chi connectivity index (χ1v) is 5.10. The second-order valence-electron chi connectivity index (χ2n) is 3.79. The Morgan fingerprint density at radius 2 is 2.47 bits per heavy atom. The molecule has 0 spiro atoms. The van der Waals surface area contributed by atoms with Gasteiger partial charge in [0.2, 0.25) is 5.91 Å². The summed E-state index contributed by atoms with van der Waals surface area (Å²) in [6, 6.07) is -0.883. The first kappa shape index (κ1) is 11.2. The molecule has 17 heavy (non-hydrogen) atoms. The maximum absolute atomic E-state index is 11.7. The van der Waals surface area contributed by atoms with Gasteiger partial charge in [0.1, 0.15) is 6.04 Å². The van der Waals surface area contributed by atoms with Crippen LogP contribution >= 0.6 is 0 Å². The van der Waals surface area contributed by atoms with Crippen molar-refractivity contribution in [3.63, 3.8) is 0 Å². The third-order valence-corrected chi connectivity index (χ3v) is 2.76. The van der Waals surface area contributed by atoms with Crippen LogP contribution < -0.4 is 0 Å². The van der Waals surface area contributed by atoms with Crippen LogP contribution in [0.4, 0.5) is 0 Å². The fraction of sp³-hybridized carbons (Fsp3) is 0.364. The predicted molar refractivity (Wildman–Crippen MR) is 57.7 cm³/mol. The van der Waals surface area contributed by atoms with Crippen LogP contribution in [0.2, 0.25) is 0 Å². The van der Waals surface area contributed by atoms with E-state index in [9.17, 15) is 9.59 Å². The quantitative estimate of drug-likeness (QED) is 0.691. The number of aromatic amines is 1. The second kappa shape index (κ2) is 4.29. The summed E-state index contributed by atoms with van der Waals surface area (Å²) in [6.45, 7) is 0.215. The van der Waals surface area contributed by atoms with E-state index in [1.165, 1.54) is 11.2 Å². The molecule has 1 unspecified atom stereocenters. The second-order valence-corrected chi connectivity index (χ2v) is 3.79. The molecule has 2 heterocycles. The van der Waals surface area contributed by atoms with E-state index in [4.69, 9.17) is 11.5 Å². The number of aliphatic carboxylic acids is 1. The van der Waals surface area contributed by atoms with Crippen LogP contribution in [-0.2, 0) is 22.6 Å². The summed E-state index contributed by atoms with van der Waals surface area (Å²) in [7, 11) is 0. The van der Waals surface area contributed by atoms with Gasteiger partial charge in [-0.25, -0.2) is 9.78 Å². The van der Waals surface area contributed by atoms with Crippen LogP contribution in [0.3, 0.4) is 0 Å². The van der Waals surface area contributed by atoms with Crippen molar-refractivity contribution >= 4 is 11.9 Å². The highest BCUT2D eigenvalue weighted by atomic mass is 16.4. The number of rotatable bonds is 2. The summed E-state index contributed by atoms with van der Waals surface area (Å²) in [4.78, 5) is 31.1. The molecule has 0 fully saturated rings. The van der Waals surface area contributed by atoms with E-state index in [0.29, 0.717) is 5.69 Å². The molecule has 6 nitrogen and oxygen atoms in total. The smallest absolute Gasteiger partial charge is 0.326 e. The molecule has 1 aromatic rings. The van der Waals surface area contributed by atoms with Crippen LogP contribution in [0.15, 0.2) is 6.33 Å². The van der Waals surface area contributed by atoms with Gasteiger partial charge in [-0.2, -0.15) is 0 Å². The lowest BCUT2D eigenvalue weighted by atomic mass is 10.0. The molecule has 88 valence electrons. The van der Waals surface area contributed by atoms with Crippen molar-refractivity contribution in [3.05, 3.63) is 17.7 Å². The normalized spacial score (nSPS) is 18.3. The van der Waals surface area contributed by atoms with Crippen LogP contribution in [-0.4, -0.2) is 37.9 Å². The topological polar surface area (TPSA) is 86.3 Å². The largest absolute Gasteiger partial charge is 0.480 e. The average Bonchev–Trinajstić information content (AvgIpc) is 2.74. The van der Waals surface area contributed by atoms with Crippen LogP contribution in [0, 0.1) is 12.3 Å². The van der Waals surface area contributed by atoms with Crippen molar-refractivity contribution in [3.8, 4) is 12.3 Å². The molecular weight excluding hydrogens is 222 g/mol. The summed E-state index contributed by atoms with van der Waals surface area (Å²) in [5, 5.41) is 9.11. The van der Waals surface area contributed by atoms with Gasteiger partial charge in [-0.15, -0.1) is 6.42 Å². The average molecular weight is 233 g/mol. The number of H-pyrrole nitrogens is 1. The molecule has 1 aliphatic heterocycles. The summed E-state index contributed by atoms with van der Waals surface area (Å²) in [6.07, 6.45) is 6.69. The Labute approximate surface area is 97.7 Å². The summed E-state index contributed by atoms with van der Waals surface area (Å²) in [5.41, 5.74) is 1.47. The number of carbonyl (C=O) groups excluding carboxylic acids is 1. The molecular formula is C11H11N3O3. The number of nitrogens with one attached hydrogen (secondary N) is 1. The minimum Gasteiger partial charge on any atom is -0.480 e. The lowest BCUT2D eigenvalue weighted by Crippen LogP contribution is -2.48. The van der Waals surface area contributed by atoms with Gasteiger partial charge in [-0.3, -0.25) is 4.79 Å². The van der Waals surface area contributed by atoms with E-state index in [2.05, 4.69) is 15.9 Å². The molecule has 2 rings (SSSR count). The number of nitrogens with zero attached hydrogens (tertiary/aromatic N) is 2. The number of terminal acetylenes is 1. The molecule has 1 atom stereocenters. The Hall–Kier alpha value is -2.29. The number of imidazole rings is 1. The zero-order valence-electron chi connectivity index (χ0n) is 9.01. The molecule has 1 aromatic heterocycles. The maximum atomic E-state index is 11.7. The van der Waals surface area contributed by atoms with E-state index in [1.807, 2.05) is 0 Å². The minimum atomic E-state index is -1.04. The van der Waals surface area contributed by atoms with E-state index in [-0.39, 0.29) is 25.3 Å². The monoisotopic (exact) mass is 233 g/mol. The maximum Gasteiger partial charge on any atom is 0.326 e. The molecule has 0 saturated heterocycles. The molecule has 0 saturated carbocycles. The van der Waals surface area contributed by atoms with Crippen molar-refractivity contribution in [2.45, 2.75) is 25.4 Å². The van der Waals surface area contributed by atoms with E-state index in [1.54, 1.807) is 0 Å². The Morgan fingerprint density at radius 1 is 1.71 bits per heavy atom. The molecule has 0 bridgehead atoms. The van der Waals surface area contributed by atoms with Gasteiger partial charge < -0.3 is 15.0 Å². The molecule has 0 radical (unpaired) electrons.